The van der Waals surface area contributed by atoms with E-state index < -0.39 is 12.2 Å². The lowest BCUT2D eigenvalue weighted by Crippen LogP contribution is -2.24. The molecule has 3 atom stereocenters. The van der Waals surface area contributed by atoms with Crippen LogP contribution in [0.4, 0.5) is 0 Å². The number of aromatic nitrogens is 1. The molecular formula is C14H17NO3. The Bertz CT molecular complexity index is 563. The first-order valence-electron chi connectivity index (χ1n) is 6.20. The topological polar surface area (TPSA) is 54.6 Å². The van der Waals surface area contributed by atoms with E-state index in [9.17, 15) is 5.11 Å². The third-order valence-corrected chi connectivity index (χ3v) is 3.57. The van der Waals surface area contributed by atoms with E-state index in [1.165, 1.54) is 10.9 Å². The third kappa shape index (κ3) is 1.82. The molecule has 0 saturated carbocycles. The molecule has 1 aromatic carbocycles. The predicted octanol–water partition coefficient (Wildman–Crippen LogP) is 1.59. The van der Waals surface area contributed by atoms with Gasteiger partial charge in [0.1, 0.15) is 12.3 Å². The van der Waals surface area contributed by atoms with Crippen molar-refractivity contribution in [2.45, 2.75) is 31.8 Å². The Morgan fingerprint density at radius 3 is 2.94 bits per heavy atom. The van der Waals surface area contributed by atoms with Crippen molar-refractivity contribution in [3.05, 3.63) is 36.0 Å². The lowest BCUT2D eigenvalue weighted by Gasteiger charge is -2.15. The first-order valence-corrected chi connectivity index (χ1v) is 6.20. The summed E-state index contributed by atoms with van der Waals surface area (Å²) >= 11 is 0. The first-order chi connectivity index (χ1) is 8.69. The summed E-state index contributed by atoms with van der Waals surface area (Å²) in [4.78, 5) is 0. The van der Waals surface area contributed by atoms with Crippen molar-refractivity contribution < 1.29 is 14.9 Å². The normalized spacial score (nSPS) is 28.1. The number of fused-ring (bicyclic) bond motifs is 1. The highest BCUT2D eigenvalue weighted by atomic mass is 16.5. The Morgan fingerprint density at radius 1 is 1.39 bits per heavy atom. The van der Waals surface area contributed by atoms with Crippen LogP contribution < -0.4 is 0 Å². The zero-order chi connectivity index (χ0) is 12.7. The van der Waals surface area contributed by atoms with Gasteiger partial charge in [0, 0.05) is 12.6 Å². The van der Waals surface area contributed by atoms with Gasteiger partial charge in [-0.15, -0.1) is 0 Å². The summed E-state index contributed by atoms with van der Waals surface area (Å²) in [7, 11) is 0. The van der Waals surface area contributed by atoms with Gasteiger partial charge in [-0.1, -0.05) is 11.6 Å². The highest BCUT2D eigenvalue weighted by Crippen LogP contribution is 2.32. The maximum atomic E-state index is 9.78. The van der Waals surface area contributed by atoms with Gasteiger partial charge in [0.25, 0.3) is 0 Å². The highest BCUT2D eigenvalue weighted by Gasteiger charge is 2.34. The summed E-state index contributed by atoms with van der Waals surface area (Å²) in [5.41, 5.74) is 2.32. The minimum absolute atomic E-state index is 0.143. The van der Waals surface area contributed by atoms with Gasteiger partial charge in [-0.2, -0.15) is 0 Å². The highest BCUT2D eigenvalue weighted by molar-refractivity contribution is 5.80. The molecule has 4 nitrogen and oxygen atoms in total. The van der Waals surface area contributed by atoms with Crippen molar-refractivity contribution in [3.63, 3.8) is 0 Å². The Hall–Kier alpha value is -1.36. The van der Waals surface area contributed by atoms with E-state index in [-0.39, 0.29) is 12.8 Å². The molecule has 96 valence electrons. The molecule has 3 unspecified atom stereocenters. The van der Waals surface area contributed by atoms with Crippen molar-refractivity contribution >= 4 is 10.9 Å². The maximum Gasteiger partial charge on any atom is 0.137 e. The van der Waals surface area contributed by atoms with Crippen LogP contribution in [-0.2, 0) is 4.74 Å². The number of aryl methyl sites for hydroxylation is 1. The molecule has 0 aliphatic carbocycles. The fourth-order valence-corrected chi connectivity index (χ4v) is 2.58. The van der Waals surface area contributed by atoms with E-state index in [1.807, 2.05) is 16.8 Å². The number of rotatable bonds is 2. The quantitative estimate of drug-likeness (QED) is 0.847. The molecule has 2 heterocycles. The second-order valence-electron chi connectivity index (χ2n) is 4.90. The van der Waals surface area contributed by atoms with Gasteiger partial charge in [0.2, 0.25) is 0 Å². The summed E-state index contributed by atoms with van der Waals surface area (Å²) in [5, 5.41) is 20.1. The predicted molar refractivity (Wildman–Crippen MR) is 68.3 cm³/mol. The van der Waals surface area contributed by atoms with Crippen LogP contribution in [0.3, 0.4) is 0 Å². The molecule has 2 N–H and O–H groups in total. The number of benzene rings is 1. The van der Waals surface area contributed by atoms with Crippen LogP contribution in [0.25, 0.3) is 10.9 Å². The minimum atomic E-state index is -0.595. The van der Waals surface area contributed by atoms with E-state index in [1.54, 1.807) is 0 Å². The summed E-state index contributed by atoms with van der Waals surface area (Å²) in [6.07, 6.45) is 1.22. The Kier molecular flexibility index (Phi) is 2.86. The molecule has 18 heavy (non-hydrogen) atoms. The maximum absolute atomic E-state index is 9.78. The van der Waals surface area contributed by atoms with E-state index in [4.69, 9.17) is 9.84 Å². The SMILES string of the molecule is Cc1ccc2c(ccn2C2CC(O)C(CO)O2)c1. The molecular weight excluding hydrogens is 230 g/mol. The van der Waals surface area contributed by atoms with Gasteiger partial charge in [-0.3, -0.25) is 0 Å². The van der Waals surface area contributed by atoms with Crippen LogP contribution in [0.1, 0.15) is 18.2 Å². The number of aliphatic hydroxyl groups is 2. The van der Waals surface area contributed by atoms with Crippen molar-refractivity contribution in [2.24, 2.45) is 0 Å². The third-order valence-electron chi connectivity index (χ3n) is 3.57. The summed E-state index contributed by atoms with van der Waals surface area (Å²) in [6, 6.07) is 8.30. The van der Waals surface area contributed by atoms with Crippen molar-refractivity contribution in [3.8, 4) is 0 Å². The largest absolute Gasteiger partial charge is 0.394 e. The van der Waals surface area contributed by atoms with Crippen molar-refractivity contribution in [2.75, 3.05) is 6.61 Å². The molecule has 4 heteroatoms. The van der Waals surface area contributed by atoms with Crippen LogP contribution in [0, 0.1) is 6.92 Å². The fraction of sp³-hybridized carbons (Fsp3) is 0.429. The van der Waals surface area contributed by atoms with Gasteiger partial charge >= 0.3 is 0 Å². The van der Waals surface area contributed by atoms with Crippen LogP contribution in [0.15, 0.2) is 30.5 Å². The number of aliphatic hydroxyl groups excluding tert-OH is 2. The molecule has 1 saturated heterocycles. The average molecular weight is 247 g/mol. The van der Waals surface area contributed by atoms with Crippen LogP contribution in [-0.4, -0.2) is 33.6 Å². The Labute approximate surface area is 105 Å². The zero-order valence-corrected chi connectivity index (χ0v) is 10.3. The number of nitrogens with zero attached hydrogens (tertiary/aromatic N) is 1. The zero-order valence-electron chi connectivity index (χ0n) is 10.3. The molecule has 1 aliphatic rings. The second-order valence-corrected chi connectivity index (χ2v) is 4.90. The van der Waals surface area contributed by atoms with Gasteiger partial charge in [0.05, 0.1) is 18.2 Å². The van der Waals surface area contributed by atoms with E-state index >= 15 is 0 Å². The standard InChI is InChI=1S/C14H17NO3/c1-9-2-3-11-10(6-9)4-5-15(11)14-7-12(17)13(8-16)18-14/h2-6,12-14,16-17H,7-8H2,1H3. The molecule has 0 amide bonds. The monoisotopic (exact) mass is 247 g/mol. The fourth-order valence-electron chi connectivity index (χ4n) is 2.58. The van der Waals surface area contributed by atoms with Crippen LogP contribution >= 0.6 is 0 Å². The molecule has 1 aliphatic heterocycles. The molecule has 0 radical (unpaired) electrons. The Balaban J connectivity index is 1.96. The summed E-state index contributed by atoms with van der Waals surface area (Å²) in [5.74, 6) is 0. The first kappa shape index (κ1) is 11.7. The summed E-state index contributed by atoms with van der Waals surface area (Å²) < 4.78 is 7.69. The van der Waals surface area contributed by atoms with Crippen LogP contribution in [0.5, 0.6) is 0 Å². The van der Waals surface area contributed by atoms with Crippen molar-refractivity contribution in [1.82, 2.24) is 4.57 Å². The van der Waals surface area contributed by atoms with E-state index in [2.05, 4.69) is 25.1 Å². The second kappa shape index (κ2) is 4.39. The van der Waals surface area contributed by atoms with E-state index in [0.29, 0.717) is 6.42 Å². The van der Waals surface area contributed by atoms with Gasteiger partial charge in [-0.25, -0.2) is 0 Å². The van der Waals surface area contributed by atoms with Gasteiger partial charge in [-0.05, 0) is 30.5 Å². The lowest BCUT2D eigenvalue weighted by atomic mass is 10.2. The van der Waals surface area contributed by atoms with Gasteiger partial charge < -0.3 is 19.5 Å². The van der Waals surface area contributed by atoms with E-state index in [0.717, 1.165) is 5.52 Å². The molecule has 0 spiro atoms. The van der Waals surface area contributed by atoms with Crippen molar-refractivity contribution in [1.29, 1.82) is 0 Å². The Morgan fingerprint density at radius 2 is 2.22 bits per heavy atom. The molecule has 2 aromatic rings. The van der Waals surface area contributed by atoms with Crippen LogP contribution in [0.2, 0.25) is 0 Å². The summed E-state index contributed by atoms with van der Waals surface area (Å²) in [6.45, 7) is 1.92. The number of hydrogen-bond donors (Lipinski definition) is 2. The molecule has 1 fully saturated rings. The number of ether oxygens (including phenoxy) is 1. The molecule has 3 rings (SSSR count). The molecule has 0 bridgehead atoms. The smallest absolute Gasteiger partial charge is 0.137 e. The molecule has 1 aromatic heterocycles. The average Bonchev–Trinajstić information content (AvgIpc) is 2.91. The number of hydrogen-bond acceptors (Lipinski definition) is 3. The lowest BCUT2D eigenvalue weighted by molar-refractivity contribution is -0.0428. The van der Waals surface area contributed by atoms with Gasteiger partial charge in [0.15, 0.2) is 0 Å². The minimum Gasteiger partial charge on any atom is -0.394 e.